The van der Waals surface area contributed by atoms with Gasteiger partial charge in [-0.05, 0) is 89.2 Å². The van der Waals surface area contributed by atoms with Gasteiger partial charge in [-0.15, -0.1) is 0 Å². The minimum Gasteiger partial charge on any atom is -0.445 e. The van der Waals surface area contributed by atoms with Gasteiger partial charge >= 0.3 is 12.1 Å². The molecule has 2 heterocycles. The summed E-state index contributed by atoms with van der Waals surface area (Å²) < 4.78 is 30.1. The van der Waals surface area contributed by atoms with Crippen LogP contribution in [0.1, 0.15) is 112 Å². The summed E-state index contributed by atoms with van der Waals surface area (Å²) in [6, 6.07) is 35.5. The van der Waals surface area contributed by atoms with Crippen LogP contribution in [0.15, 0.2) is 128 Å². The third-order valence-corrected chi connectivity index (χ3v) is 16.0. The number of fused-ring (bicyclic) bond motifs is 3. The Balaban J connectivity index is 0.742. The number of unbranched alkanes of at least 4 members (excludes halogenated alkanes) is 1. The molecule has 7 aromatic rings. The van der Waals surface area contributed by atoms with E-state index in [1.807, 2.05) is 91.0 Å². The van der Waals surface area contributed by atoms with Crippen LogP contribution < -0.4 is 48.3 Å². The van der Waals surface area contributed by atoms with Gasteiger partial charge in [0.25, 0.3) is 0 Å². The number of urea groups is 1. The number of nitrogen functional groups attached to an aromatic ring is 1. The lowest BCUT2D eigenvalue weighted by Gasteiger charge is -2.26. The van der Waals surface area contributed by atoms with E-state index in [4.69, 9.17) is 40.1 Å². The number of ether oxygens (including phenoxy) is 5. The van der Waals surface area contributed by atoms with Crippen molar-refractivity contribution in [1.82, 2.24) is 41.1 Å². The van der Waals surface area contributed by atoms with Crippen LogP contribution in [0.5, 0.6) is 0 Å². The number of alkyl carbamates (subject to hydrolysis) is 1. The maximum absolute atomic E-state index is 13.7. The van der Waals surface area contributed by atoms with Crippen molar-refractivity contribution < 1.29 is 57.2 Å². The van der Waals surface area contributed by atoms with E-state index in [1.165, 1.54) is 0 Å². The fourth-order valence-electron chi connectivity index (χ4n) is 10.7. The normalized spacial score (nSPS) is 11.8. The van der Waals surface area contributed by atoms with E-state index in [9.17, 15) is 33.6 Å². The van der Waals surface area contributed by atoms with Crippen molar-refractivity contribution in [3.63, 3.8) is 0 Å². The molecule has 0 saturated carbocycles. The van der Waals surface area contributed by atoms with Gasteiger partial charge in [0, 0.05) is 62.9 Å². The van der Waals surface area contributed by atoms with E-state index < -0.39 is 41.9 Å². The zero-order valence-corrected chi connectivity index (χ0v) is 56.2. The van der Waals surface area contributed by atoms with Gasteiger partial charge < -0.3 is 76.5 Å². The summed E-state index contributed by atoms with van der Waals surface area (Å²) >= 11 is 0. The Morgan fingerprint density at radius 1 is 0.649 bits per heavy atom. The molecule has 0 aliphatic heterocycles. The highest BCUT2D eigenvalue weighted by molar-refractivity contribution is 6.06. The number of aryl methyl sites for hydroxylation is 2. The number of para-hydroxylation sites is 2. The summed E-state index contributed by atoms with van der Waals surface area (Å²) in [7, 11) is 0. The van der Waals surface area contributed by atoms with E-state index in [2.05, 4.69) is 67.9 Å². The molecule has 2 atom stereocenters. The Bertz CT molecular complexity index is 3710. The van der Waals surface area contributed by atoms with Crippen LogP contribution in [0.2, 0.25) is 0 Å². The maximum Gasteiger partial charge on any atom is 0.407 e. The number of aromatic nitrogens is 3. The van der Waals surface area contributed by atoms with Gasteiger partial charge in [0.05, 0.1) is 76.1 Å². The number of hydrogen-bond donors (Lipinski definition) is 8. The lowest BCUT2D eigenvalue weighted by Crippen LogP contribution is -2.54. The zero-order valence-electron chi connectivity index (χ0n) is 56.2. The molecule has 0 aliphatic rings. The average Bonchev–Trinajstić information content (AvgIpc) is 1.63. The number of anilines is 3. The minimum atomic E-state index is -1.06. The number of imidazole rings is 1. The number of carbonyl (C=O) groups is 7. The van der Waals surface area contributed by atoms with Crippen LogP contribution in [0.3, 0.4) is 0 Å². The Kier molecular flexibility index (Phi) is 30.7. The molecule has 0 unspecified atom stereocenters. The standard InChI is InChI=1S/C73H94N12O12/c1-6-9-24-62-82-67-68(58-20-13-14-21-59(58)80-69(67)74)85(62)47-52-27-25-51(26-28-52)46-78-73(92)97-49-53-29-31-57(32-30-53)79-70(89)60(22-16-36-77-72(75)91)81-71(90)66(50(4)5)83-64(87)35-38-93-40-42-95-44-45-96-43-41-94-39-37-76-63(86)33-34-65(88)84(61-23-15-12-18-55(61)8-3)48-56-19-11-10-17-54(56)7-2/h8,10-15,17-21,23,25-32,50,60,66H,3,6-7,9,16,22,24,33-49H2,1-2,4-5H3,(H2,74,80)(H,76,86)(H,78,92)(H,79,89)(H,81,90)(H,83,87)(H3,75,77,91)/t60-,66-/m0/s1. The van der Waals surface area contributed by atoms with Crippen molar-refractivity contribution in [3.8, 4) is 0 Å². The number of benzene rings is 5. The largest absolute Gasteiger partial charge is 0.445 e. The molecule has 7 rings (SSSR count). The van der Waals surface area contributed by atoms with Gasteiger partial charge in [0.2, 0.25) is 29.5 Å². The zero-order chi connectivity index (χ0) is 69.3. The van der Waals surface area contributed by atoms with Gasteiger partial charge in [-0.2, -0.15) is 0 Å². The second-order valence-corrected chi connectivity index (χ2v) is 23.6. The predicted octanol–water partition coefficient (Wildman–Crippen LogP) is 8.79. The molecule has 518 valence electrons. The Labute approximate surface area is 567 Å². The molecular formula is C73H94N12O12. The molecule has 24 nitrogen and oxygen atoms in total. The van der Waals surface area contributed by atoms with Crippen LogP contribution in [0.25, 0.3) is 28.0 Å². The highest BCUT2D eigenvalue weighted by Crippen LogP contribution is 2.31. The Morgan fingerprint density at radius 2 is 1.30 bits per heavy atom. The molecule has 10 N–H and O–H groups in total. The van der Waals surface area contributed by atoms with Crippen LogP contribution in [0, 0.1) is 5.92 Å². The summed E-state index contributed by atoms with van der Waals surface area (Å²) in [4.78, 5) is 102. The lowest BCUT2D eigenvalue weighted by atomic mass is 10.0. The predicted molar refractivity (Wildman–Crippen MR) is 375 cm³/mol. The summed E-state index contributed by atoms with van der Waals surface area (Å²) in [5, 5.41) is 17.5. The van der Waals surface area contributed by atoms with Crippen molar-refractivity contribution in [3.05, 3.63) is 167 Å². The number of amides is 8. The number of pyridine rings is 1. The van der Waals surface area contributed by atoms with Crippen molar-refractivity contribution >= 4 is 86.9 Å². The number of carbonyl (C=O) groups excluding carboxylic acids is 7. The second kappa shape index (κ2) is 40.0. The summed E-state index contributed by atoms with van der Waals surface area (Å²) in [5.41, 5.74) is 20.9. The van der Waals surface area contributed by atoms with E-state index in [0.29, 0.717) is 68.5 Å². The van der Waals surface area contributed by atoms with Crippen molar-refractivity contribution in [2.75, 3.05) is 81.9 Å². The van der Waals surface area contributed by atoms with E-state index >= 15 is 0 Å². The first-order valence-electron chi connectivity index (χ1n) is 33.3. The Morgan fingerprint density at radius 3 is 1.99 bits per heavy atom. The molecule has 0 fully saturated rings. The van der Waals surface area contributed by atoms with Gasteiger partial charge in [0.15, 0.2) is 5.82 Å². The first-order chi connectivity index (χ1) is 47.0. The topological polar surface area (TPSA) is 324 Å². The van der Waals surface area contributed by atoms with Gasteiger partial charge in [-0.3, -0.25) is 24.0 Å². The number of nitrogens with zero attached hydrogens (tertiary/aromatic N) is 4. The molecule has 8 amide bonds. The SMILES string of the molecule is C=Cc1ccccc1N(Cc1ccccc1CC)C(=O)CCC(=O)NCCOCCOCCOCCOCCC(=O)N[C@H](C(=O)N[C@@H](CCCNC(N)=O)C(=O)Nc1ccc(COC(=O)NCc2ccc(Cn3c(CCCC)nc4c(N)nc5ccccc5c43)cc2)cc1)C(C)C. The third kappa shape index (κ3) is 24.1. The van der Waals surface area contributed by atoms with Gasteiger partial charge in [-0.1, -0.05) is 144 Å². The van der Waals surface area contributed by atoms with Crippen molar-refractivity contribution in [1.29, 1.82) is 0 Å². The smallest absolute Gasteiger partial charge is 0.407 e. The molecule has 0 aliphatic carbocycles. The van der Waals surface area contributed by atoms with E-state index in [-0.39, 0.29) is 96.1 Å². The number of nitrogens with two attached hydrogens (primary N) is 2. The minimum absolute atomic E-state index is 0.0331. The average molecular weight is 1330 g/mol. The third-order valence-electron chi connectivity index (χ3n) is 16.0. The molecule has 5 aromatic carbocycles. The van der Waals surface area contributed by atoms with Gasteiger partial charge in [-0.25, -0.2) is 19.6 Å². The van der Waals surface area contributed by atoms with Crippen LogP contribution in [-0.2, 0) is 86.7 Å². The van der Waals surface area contributed by atoms with Crippen LogP contribution in [-0.4, -0.2) is 134 Å². The molecule has 2 aromatic heterocycles. The van der Waals surface area contributed by atoms with Crippen molar-refractivity contribution in [2.24, 2.45) is 11.7 Å². The fraction of sp³-hybridized carbons (Fsp3) is 0.411. The summed E-state index contributed by atoms with van der Waals surface area (Å²) in [5.74, 6) is -0.930. The fourth-order valence-corrected chi connectivity index (χ4v) is 10.7. The highest BCUT2D eigenvalue weighted by atomic mass is 16.6. The molecule has 97 heavy (non-hydrogen) atoms. The van der Waals surface area contributed by atoms with Gasteiger partial charge in [0.1, 0.15) is 30.0 Å². The van der Waals surface area contributed by atoms with Crippen molar-refractivity contribution in [2.45, 2.75) is 124 Å². The summed E-state index contributed by atoms with van der Waals surface area (Å²) in [6.45, 7) is 15.4. The number of nitrogens with one attached hydrogen (secondary N) is 6. The van der Waals surface area contributed by atoms with E-state index in [1.54, 1.807) is 49.1 Å². The molecule has 0 radical (unpaired) electrons. The first kappa shape index (κ1) is 74.6. The van der Waals surface area contributed by atoms with E-state index in [0.717, 1.165) is 81.4 Å². The molecule has 0 bridgehead atoms. The monoisotopic (exact) mass is 1330 g/mol. The van der Waals surface area contributed by atoms with Crippen LogP contribution in [0.4, 0.5) is 26.8 Å². The summed E-state index contributed by atoms with van der Waals surface area (Å²) in [6.07, 6.45) is 5.24. The number of rotatable bonds is 42. The lowest BCUT2D eigenvalue weighted by molar-refractivity contribution is -0.132. The Hall–Kier alpha value is -9.75. The number of primary amides is 1. The molecule has 0 spiro atoms. The maximum atomic E-state index is 13.7. The quantitative estimate of drug-likeness (QED) is 0.0166. The second-order valence-electron chi connectivity index (χ2n) is 23.6. The number of hydrogen-bond acceptors (Lipinski definition) is 15. The first-order valence-corrected chi connectivity index (χ1v) is 33.3. The highest BCUT2D eigenvalue weighted by Gasteiger charge is 2.29. The molecule has 0 saturated heterocycles. The molecular weight excluding hydrogens is 1240 g/mol. The molecule has 24 heteroatoms. The van der Waals surface area contributed by atoms with Crippen LogP contribution >= 0.6 is 0 Å².